The SMILES string of the molecule is CNC(=O)c1c(N2CCCC(F)(F)CC2)ncc(-c2cnn(C)c2)c1C. The minimum Gasteiger partial charge on any atom is -0.356 e. The molecule has 1 amide bonds. The Bertz CT molecular complexity index is 818. The Kier molecular flexibility index (Phi) is 4.93. The standard InChI is InChI=1S/C18H23F2N5O/c1-12-14(13-9-23-24(3)11-13)10-22-16(15(12)17(26)21-2)25-7-4-5-18(19,20)6-8-25/h9-11H,4-8H2,1-3H3,(H,21,26). The molecular formula is C18H23F2N5O. The summed E-state index contributed by atoms with van der Waals surface area (Å²) in [5.41, 5.74) is 2.86. The molecule has 8 heteroatoms. The molecule has 3 heterocycles. The van der Waals surface area contributed by atoms with Gasteiger partial charge < -0.3 is 10.2 Å². The third-order valence-corrected chi connectivity index (χ3v) is 4.81. The number of anilines is 1. The molecular weight excluding hydrogens is 340 g/mol. The van der Waals surface area contributed by atoms with Crippen LogP contribution in [-0.4, -0.2) is 46.7 Å². The molecule has 0 aromatic carbocycles. The van der Waals surface area contributed by atoms with Crippen molar-refractivity contribution in [3.05, 3.63) is 29.7 Å². The Balaban J connectivity index is 2.05. The largest absolute Gasteiger partial charge is 0.356 e. The van der Waals surface area contributed by atoms with Gasteiger partial charge in [-0.25, -0.2) is 13.8 Å². The van der Waals surface area contributed by atoms with Crippen LogP contribution in [0.1, 0.15) is 35.2 Å². The number of carbonyl (C=O) groups is 1. The molecule has 6 nitrogen and oxygen atoms in total. The zero-order valence-corrected chi connectivity index (χ0v) is 15.2. The normalized spacial score (nSPS) is 17.0. The summed E-state index contributed by atoms with van der Waals surface area (Å²) < 4.78 is 29.1. The Morgan fingerprint density at radius 1 is 1.27 bits per heavy atom. The van der Waals surface area contributed by atoms with Gasteiger partial charge in [-0.3, -0.25) is 9.48 Å². The first-order valence-electron chi connectivity index (χ1n) is 8.66. The maximum absolute atomic E-state index is 13.7. The lowest BCUT2D eigenvalue weighted by atomic mass is 10.00. The van der Waals surface area contributed by atoms with Gasteiger partial charge in [0.2, 0.25) is 5.92 Å². The molecule has 0 aliphatic carbocycles. The topological polar surface area (TPSA) is 63.1 Å². The number of hydrogen-bond donors (Lipinski definition) is 1. The highest BCUT2D eigenvalue weighted by Gasteiger charge is 2.33. The monoisotopic (exact) mass is 363 g/mol. The highest BCUT2D eigenvalue weighted by atomic mass is 19.3. The summed E-state index contributed by atoms with van der Waals surface area (Å²) in [6, 6.07) is 0. The lowest BCUT2D eigenvalue weighted by Crippen LogP contribution is -2.31. The predicted molar refractivity (Wildman–Crippen MR) is 95.6 cm³/mol. The molecule has 2 aromatic rings. The summed E-state index contributed by atoms with van der Waals surface area (Å²) in [6.45, 7) is 2.48. The van der Waals surface area contributed by atoms with E-state index < -0.39 is 5.92 Å². The first-order valence-corrected chi connectivity index (χ1v) is 8.66. The van der Waals surface area contributed by atoms with Gasteiger partial charge in [-0.05, 0) is 18.9 Å². The molecule has 0 spiro atoms. The number of nitrogens with zero attached hydrogens (tertiary/aromatic N) is 4. The number of amides is 1. The van der Waals surface area contributed by atoms with E-state index in [0.29, 0.717) is 24.3 Å². The van der Waals surface area contributed by atoms with E-state index in [-0.39, 0.29) is 25.3 Å². The number of rotatable bonds is 3. The van der Waals surface area contributed by atoms with E-state index in [1.54, 1.807) is 29.0 Å². The van der Waals surface area contributed by atoms with Gasteiger partial charge in [-0.2, -0.15) is 5.10 Å². The molecule has 1 fully saturated rings. The Labute approximate surface area is 151 Å². The summed E-state index contributed by atoms with van der Waals surface area (Å²) in [6.07, 6.45) is 5.26. The van der Waals surface area contributed by atoms with E-state index in [4.69, 9.17) is 0 Å². The van der Waals surface area contributed by atoms with Crippen LogP contribution in [-0.2, 0) is 7.05 Å². The van der Waals surface area contributed by atoms with Gasteiger partial charge >= 0.3 is 0 Å². The Morgan fingerprint density at radius 2 is 2.04 bits per heavy atom. The van der Waals surface area contributed by atoms with Crippen molar-refractivity contribution in [2.45, 2.75) is 32.1 Å². The van der Waals surface area contributed by atoms with Crippen molar-refractivity contribution in [1.82, 2.24) is 20.1 Å². The molecule has 26 heavy (non-hydrogen) atoms. The molecule has 0 saturated carbocycles. The molecule has 0 bridgehead atoms. The minimum atomic E-state index is -2.66. The molecule has 1 saturated heterocycles. The van der Waals surface area contributed by atoms with Gasteiger partial charge in [0.05, 0.1) is 11.8 Å². The van der Waals surface area contributed by atoms with Crippen molar-refractivity contribution in [2.24, 2.45) is 7.05 Å². The molecule has 1 aliphatic rings. The maximum atomic E-state index is 13.7. The summed E-state index contributed by atoms with van der Waals surface area (Å²) in [7, 11) is 3.37. The van der Waals surface area contributed by atoms with Crippen molar-refractivity contribution in [2.75, 3.05) is 25.0 Å². The van der Waals surface area contributed by atoms with E-state index in [9.17, 15) is 13.6 Å². The molecule has 0 unspecified atom stereocenters. The number of aryl methyl sites for hydroxylation is 1. The van der Waals surface area contributed by atoms with E-state index in [2.05, 4.69) is 15.4 Å². The van der Waals surface area contributed by atoms with Crippen LogP contribution in [0.3, 0.4) is 0 Å². The fraction of sp³-hybridized carbons (Fsp3) is 0.500. The van der Waals surface area contributed by atoms with Crippen molar-refractivity contribution < 1.29 is 13.6 Å². The smallest absolute Gasteiger partial charge is 0.255 e. The molecule has 2 aromatic heterocycles. The molecule has 0 atom stereocenters. The number of aromatic nitrogens is 3. The van der Waals surface area contributed by atoms with Gasteiger partial charge in [0.25, 0.3) is 5.91 Å². The van der Waals surface area contributed by atoms with Gasteiger partial charge in [-0.1, -0.05) is 0 Å². The van der Waals surface area contributed by atoms with Crippen LogP contribution in [0.2, 0.25) is 0 Å². The van der Waals surface area contributed by atoms with Crippen LogP contribution < -0.4 is 10.2 Å². The Morgan fingerprint density at radius 3 is 2.69 bits per heavy atom. The van der Waals surface area contributed by atoms with Crippen molar-refractivity contribution in [3.8, 4) is 11.1 Å². The fourth-order valence-corrected chi connectivity index (χ4v) is 3.35. The molecule has 1 N–H and O–H groups in total. The first kappa shape index (κ1) is 18.3. The van der Waals surface area contributed by atoms with E-state index in [1.165, 1.54) is 0 Å². The summed E-state index contributed by atoms with van der Waals surface area (Å²) in [5, 5.41) is 6.81. The number of hydrogen-bond acceptors (Lipinski definition) is 4. The molecule has 0 radical (unpaired) electrons. The minimum absolute atomic E-state index is 0.133. The van der Waals surface area contributed by atoms with Crippen molar-refractivity contribution in [3.63, 3.8) is 0 Å². The zero-order valence-electron chi connectivity index (χ0n) is 15.2. The van der Waals surface area contributed by atoms with Crippen LogP contribution in [0.15, 0.2) is 18.6 Å². The van der Waals surface area contributed by atoms with Crippen LogP contribution in [0, 0.1) is 6.92 Å². The Hall–Kier alpha value is -2.51. The third-order valence-electron chi connectivity index (χ3n) is 4.81. The van der Waals surface area contributed by atoms with Crippen molar-refractivity contribution >= 4 is 11.7 Å². The van der Waals surface area contributed by atoms with Gasteiger partial charge in [0.15, 0.2) is 0 Å². The third kappa shape index (κ3) is 3.54. The maximum Gasteiger partial charge on any atom is 0.255 e. The molecule has 140 valence electrons. The number of pyridine rings is 1. The van der Waals surface area contributed by atoms with Crippen LogP contribution in [0.4, 0.5) is 14.6 Å². The highest BCUT2D eigenvalue weighted by Crippen LogP contribution is 2.34. The predicted octanol–water partition coefficient (Wildman–Crippen LogP) is 2.78. The molecule has 3 rings (SSSR count). The van der Waals surface area contributed by atoms with Gasteiger partial charge in [0.1, 0.15) is 5.82 Å². The average Bonchev–Trinajstić information content (AvgIpc) is 2.94. The average molecular weight is 363 g/mol. The lowest BCUT2D eigenvalue weighted by Gasteiger charge is -2.25. The zero-order chi connectivity index (χ0) is 18.9. The van der Waals surface area contributed by atoms with E-state index >= 15 is 0 Å². The van der Waals surface area contributed by atoms with Gasteiger partial charge in [-0.15, -0.1) is 0 Å². The molecule has 1 aliphatic heterocycles. The van der Waals surface area contributed by atoms with Crippen molar-refractivity contribution in [1.29, 1.82) is 0 Å². The highest BCUT2D eigenvalue weighted by molar-refractivity contribution is 6.01. The number of nitrogens with one attached hydrogen (secondary N) is 1. The second-order valence-electron chi connectivity index (χ2n) is 6.67. The summed E-state index contributed by atoms with van der Waals surface area (Å²) >= 11 is 0. The summed E-state index contributed by atoms with van der Waals surface area (Å²) in [4.78, 5) is 18.8. The number of halogens is 2. The van der Waals surface area contributed by atoms with Gasteiger partial charge in [0, 0.05) is 63.5 Å². The second kappa shape index (κ2) is 7.01. The quantitative estimate of drug-likeness (QED) is 0.911. The second-order valence-corrected chi connectivity index (χ2v) is 6.67. The van der Waals surface area contributed by atoms with Crippen LogP contribution >= 0.6 is 0 Å². The van der Waals surface area contributed by atoms with Crippen LogP contribution in [0.25, 0.3) is 11.1 Å². The summed E-state index contributed by atoms with van der Waals surface area (Å²) in [5.74, 6) is -2.47. The fourth-order valence-electron chi connectivity index (χ4n) is 3.35. The van der Waals surface area contributed by atoms with Crippen LogP contribution in [0.5, 0.6) is 0 Å². The first-order chi connectivity index (χ1) is 12.3. The number of alkyl halides is 2. The van der Waals surface area contributed by atoms with E-state index in [1.807, 2.05) is 20.2 Å². The number of carbonyl (C=O) groups excluding carboxylic acids is 1. The lowest BCUT2D eigenvalue weighted by molar-refractivity contribution is -0.0102. The van der Waals surface area contributed by atoms with E-state index in [0.717, 1.165) is 16.7 Å².